The first-order chi connectivity index (χ1) is 11.6. The van der Waals surface area contributed by atoms with E-state index in [0.717, 1.165) is 0 Å². The first kappa shape index (κ1) is 16.2. The van der Waals surface area contributed by atoms with Crippen molar-refractivity contribution in [3.05, 3.63) is 24.0 Å². The fourth-order valence-electron chi connectivity index (χ4n) is 2.68. The molecule has 1 saturated heterocycles. The molecule has 8 nitrogen and oxygen atoms in total. The topological polar surface area (TPSA) is 77.5 Å². The number of carbonyl (C=O) groups is 2. The number of cyclic esters (lactones) is 1. The standard InChI is InChI=1S/C15H18FN5O3/c1-17-7-12-8-21(15(23)24-12)11-2-3-14(13(16)6-11)19-4-5-20(10-22)18-9-19/h2-3,6,9-10,12,17H,4-5,7-8H2,1H3/t12-/m0/s1. The van der Waals surface area contributed by atoms with Crippen LogP contribution in [-0.4, -0.2) is 63.2 Å². The molecule has 24 heavy (non-hydrogen) atoms. The lowest BCUT2D eigenvalue weighted by atomic mass is 10.2. The van der Waals surface area contributed by atoms with Gasteiger partial charge in [0.25, 0.3) is 0 Å². The van der Waals surface area contributed by atoms with Crippen LogP contribution in [0.4, 0.5) is 20.6 Å². The zero-order valence-electron chi connectivity index (χ0n) is 13.2. The van der Waals surface area contributed by atoms with Crippen LogP contribution >= 0.6 is 0 Å². The minimum absolute atomic E-state index is 0.256. The molecule has 0 aromatic heterocycles. The fraction of sp³-hybridized carbons (Fsp3) is 0.400. The zero-order chi connectivity index (χ0) is 17.1. The van der Waals surface area contributed by atoms with E-state index in [-0.39, 0.29) is 6.10 Å². The Hall–Kier alpha value is -2.68. The maximum Gasteiger partial charge on any atom is 0.414 e. The predicted octanol–water partition coefficient (Wildman–Crippen LogP) is 0.592. The average molecular weight is 335 g/mol. The van der Waals surface area contributed by atoms with Crippen molar-refractivity contribution in [2.24, 2.45) is 5.10 Å². The number of carbonyl (C=O) groups excluding carboxylic acids is 2. The van der Waals surface area contributed by atoms with E-state index >= 15 is 0 Å². The van der Waals surface area contributed by atoms with Gasteiger partial charge in [-0.1, -0.05) is 0 Å². The molecule has 2 heterocycles. The molecule has 2 aliphatic heterocycles. The van der Waals surface area contributed by atoms with Crippen molar-refractivity contribution in [3.63, 3.8) is 0 Å². The van der Waals surface area contributed by atoms with Crippen molar-refractivity contribution in [1.29, 1.82) is 0 Å². The lowest BCUT2D eigenvalue weighted by Crippen LogP contribution is -2.37. The van der Waals surface area contributed by atoms with Gasteiger partial charge in [0.2, 0.25) is 6.41 Å². The molecule has 1 aromatic carbocycles. The minimum Gasteiger partial charge on any atom is -0.443 e. The Balaban J connectivity index is 1.76. The van der Waals surface area contributed by atoms with Gasteiger partial charge in [-0.25, -0.2) is 14.2 Å². The number of benzene rings is 1. The third-order valence-corrected chi connectivity index (χ3v) is 3.89. The Morgan fingerprint density at radius 3 is 2.92 bits per heavy atom. The van der Waals surface area contributed by atoms with Gasteiger partial charge in [0, 0.05) is 13.1 Å². The molecule has 2 amide bonds. The van der Waals surface area contributed by atoms with Crippen molar-refractivity contribution < 1.29 is 18.7 Å². The molecule has 1 aromatic rings. The van der Waals surface area contributed by atoms with E-state index in [2.05, 4.69) is 10.4 Å². The van der Waals surface area contributed by atoms with Crippen LogP contribution in [-0.2, 0) is 9.53 Å². The highest BCUT2D eigenvalue weighted by Crippen LogP contribution is 2.27. The van der Waals surface area contributed by atoms with Crippen molar-refractivity contribution in [2.45, 2.75) is 6.10 Å². The van der Waals surface area contributed by atoms with Crippen molar-refractivity contribution >= 4 is 30.2 Å². The lowest BCUT2D eigenvalue weighted by Gasteiger charge is -2.27. The first-order valence-corrected chi connectivity index (χ1v) is 7.57. The highest BCUT2D eigenvalue weighted by Gasteiger charge is 2.32. The molecular formula is C15H18FN5O3. The van der Waals surface area contributed by atoms with Gasteiger partial charge in [0.15, 0.2) is 0 Å². The average Bonchev–Trinajstić information content (AvgIpc) is 2.96. The van der Waals surface area contributed by atoms with Crippen LogP contribution in [0, 0.1) is 5.82 Å². The molecule has 128 valence electrons. The van der Waals surface area contributed by atoms with Crippen LogP contribution in [0.5, 0.6) is 0 Å². The molecule has 1 atom stereocenters. The summed E-state index contributed by atoms with van der Waals surface area (Å²) in [5.74, 6) is -0.469. The number of hydrazone groups is 1. The highest BCUT2D eigenvalue weighted by atomic mass is 19.1. The van der Waals surface area contributed by atoms with Crippen LogP contribution in [0.2, 0.25) is 0 Å². The number of likely N-dealkylation sites (N-methyl/N-ethyl adjacent to an activating group) is 1. The van der Waals surface area contributed by atoms with Gasteiger partial charge in [0.1, 0.15) is 18.3 Å². The number of amides is 2. The number of nitrogens with one attached hydrogen (secondary N) is 1. The summed E-state index contributed by atoms with van der Waals surface area (Å²) in [6, 6.07) is 4.56. The molecular weight excluding hydrogens is 317 g/mol. The summed E-state index contributed by atoms with van der Waals surface area (Å²) < 4.78 is 19.7. The molecule has 1 N–H and O–H groups in total. The summed E-state index contributed by atoms with van der Waals surface area (Å²) in [7, 11) is 1.77. The minimum atomic E-state index is -0.483. The van der Waals surface area contributed by atoms with Crippen LogP contribution in [0.3, 0.4) is 0 Å². The fourth-order valence-corrected chi connectivity index (χ4v) is 2.68. The molecule has 0 unspecified atom stereocenters. The van der Waals surface area contributed by atoms with E-state index in [4.69, 9.17) is 4.74 Å². The van der Waals surface area contributed by atoms with Crippen molar-refractivity contribution in [3.8, 4) is 0 Å². The van der Waals surface area contributed by atoms with Crippen molar-refractivity contribution in [2.75, 3.05) is 43.0 Å². The summed E-state index contributed by atoms with van der Waals surface area (Å²) >= 11 is 0. The quantitative estimate of drug-likeness (QED) is 0.797. The van der Waals surface area contributed by atoms with Gasteiger partial charge in [-0.2, -0.15) is 5.10 Å². The Labute approximate surface area is 138 Å². The smallest absolute Gasteiger partial charge is 0.414 e. The number of nitrogens with zero attached hydrogens (tertiary/aromatic N) is 4. The lowest BCUT2D eigenvalue weighted by molar-refractivity contribution is -0.118. The van der Waals surface area contributed by atoms with E-state index < -0.39 is 11.9 Å². The molecule has 1 fully saturated rings. The van der Waals surface area contributed by atoms with Crippen LogP contribution in [0.15, 0.2) is 23.3 Å². The van der Waals surface area contributed by atoms with E-state index in [1.54, 1.807) is 24.1 Å². The van der Waals surface area contributed by atoms with Crippen LogP contribution in [0.1, 0.15) is 0 Å². The molecule has 3 rings (SSSR count). The summed E-state index contributed by atoms with van der Waals surface area (Å²) in [4.78, 5) is 25.6. The largest absolute Gasteiger partial charge is 0.443 e. The maximum atomic E-state index is 14.5. The van der Waals surface area contributed by atoms with Gasteiger partial charge in [0.05, 0.1) is 24.5 Å². The maximum absolute atomic E-state index is 14.5. The summed E-state index contributed by atoms with van der Waals surface area (Å²) in [6.07, 6.45) is 1.29. The van der Waals surface area contributed by atoms with Gasteiger partial charge in [-0.05, 0) is 25.2 Å². The van der Waals surface area contributed by atoms with E-state index in [0.29, 0.717) is 44.0 Å². The molecule has 0 aliphatic carbocycles. The predicted molar refractivity (Wildman–Crippen MR) is 86.5 cm³/mol. The molecule has 0 radical (unpaired) electrons. The second-order valence-corrected chi connectivity index (χ2v) is 5.50. The number of ether oxygens (including phenoxy) is 1. The number of anilines is 2. The van der Waals surface area contributed by atoms with Gasteiger partial charge in [-0.3, -0.25) is 9.69 Å². The van der Waals surface area contributed by atoms with E-state index in [9.17, 15) is 14.0 Å². The third-order valence-electron chi connectivity index (χ3n) is 3.89. The monoisotopic (exact) mass is 335 g/mol. The molecule has 0 spiro atoms. The van der Waals surface area contributed by atoms with Gasteiger partial charge < -0.3 is 15.0 Å². The summed E-state index contributed by atoms with van der Waals surface area (Å²) in [5.41, 5.74) is 0.788. The number of hydrogen-bond donors (Lipinski definition) is 1. The van der Waals surface area contributed by atoms with Crippen LogP contribution in [0.25, 0.3) is 0 Å². The Bertz CT molecular complexity index is 669. The second-order valence-electron chi connectivity index (χ2n) is 5.50. The van der Waals surface area contributed by atoms with Gasteiger partial charge >= 0.3 is 6.09 Å². The third kappa shape index (κ3) is 3.16. The Kier molecular flexibility index (Phi) is 4.61. The normalized spacial score (nSPS) is 20.5. The zero-order valence-corrected chi connectivity index (χ0v) is 13.2. The SMILES string of the molecule is CNC[C@H]1CN(c2ccc(N3C=NN(C=O)CC3)c(F)c2)C(=O)O1. The first-order valence-electron chi connectivity index (χ1n) is 7.57. The van der Waals surface area contributed by atoms with Crippen molar-refractivity contribution in [1.82, 2.24) is 10.3 Å². The van der Waals surface area contributed by atoms with E-state index in [1.807, 2.05) is 0 Å². The number of rotatable bonds is 5. The Morgan fingerprint density at radius 2 is 2.29 bits per heavy atom. The van der Waals surface area contributed by atoms with Gasteiger partial charge in [-0.15, -0.1) is 0 Å². The number of halogens is 1. The molecule has 2 aliphatic rings. The number of hydrogen-bond acceptors (Lipinski definition) is 6. The van der Waals surface area contributed by atoms with E-state index in [1.165, 1.54) is 22.3 Å². The molecule has 0 bridgehead atoms. The highest BCUT2D eigenvalue weighted by molar-refractivity contribution is 5.90. The Morgan fingerprint density at radius 1 is 1.46 bits per heavy atom. The molecule has 0 saturated carbocycles. The summed E-state index contributed by atoms with van der Waals surface area (Å²) in [5, 5.41) is 8.08. The van der Waals surface area contributed by atoms with Crippen LogP contribution < -0.4 is 15.1 Å². The second kappa shape index (κ2) is 6.83. The molecule has 9 heteroatoms. The summed E-state index contributed by atoms with van der Waals surface area (Å²) in [6.45, 7) is 1.73.